The predicted molar refractivity (Wildman–Crippen MR) is 63.0 cm³/mol. The lowest BCUT2D eigenvalue weighted by Crippen LogP contribution is -2.53. The van der Waals surface area contributed by atoms with E-state index in [9.17, 15) is 18.9 Å². The Morgan fingerprint density at radius 1 is 1.44 bits per heavy atom. The van der Waals surface area contributed by atoms with Crippen LogP contribution in [0.3, 0.4) is 0 Å². The molecule has 4 nitrogen and oxygen atoms in total. The van der Waals surface area contributed by atoms with E-state index in [0.29, 0.717) is 0 Å². The summed E-state index contributed by atoms with van der Waals surface area (Å²) >= 11 is 5.79. The minimum atomic E-state index is -2.81. The van der Waals surface area contributed by atoms with E-state index in [-0.39, 0.29) is 22.8 Å². The monoisotopic (exact) mass is 276 g/mol. The van der Waals surface area contributed by atoms with Crippen LogP contribution in [0, 0.1) is 10.1 Å². The maximum atomic E-state index is 13.1. The molecule has 0 amide bonds. The molecule has 1 aliphatic carbocycles. The number of nitrogens with two attached hydrogens (primary N) is 1. The second kappa shape index (κ2) is 4.13. The molecule has 0 unspecified atom stereocenters. The number of nitro groups is 1. The lowest BCUT2D eigenvalue weighted by molar-refractivity contribution is -0.386. The van der Waals surface area contributed by atoms with E-state index in [1.807, 2.05) is 0 Å². The fraction of sp³-hybridized carbons (Fsp3) is 0.455. The van der Waals surface area contributed by atoms with Gasteiger partial charge >= 0.3 is 0 Å². The quantitative estimate of drug-likeness (QED) is 0.682. The molecule has 0 aromatic heterocycles. The first-order valence-electron chi connectivity index (χ1n) is 5.32. The highest BCUT2D eigenvalue weighted by atomic mass is 35.5. The number of halogens is 3. The summed E-state index contributed by atoms with van der Waals surface area (Å²) in [6.45, 7) is -0.0657. The first kappa shape index (κ1) is 13.2. The molecule has 0 bridgehead atoms. The van der Waals surface area contributed by atoms with Crippen LogP contribution in [-0.2, 0) is 5.41 Å². The van der Waals surface area contributed by atoms with Crippen molar-refractivity contribution < 1.29 is 13.7 Å². The number of hydrogen-bond acceptors (Lipinski definition) is 3. The van der Waals surface area contributed by atoms with Crippen molar-refractivity contribution >= 4 is 17.3 Å². The number of alkyl halides is 2. The molecular weight excluding hydrogens is 266 g/mol. The highest BCUT2D eigenvalue weighted by Gasteiger charge is 2.58. The molecular formula is C11H11ClF2N2O2. The van der Waals surface area contributed by atoms with Crippen molar-refractivity contribution in [2.45, 2.75) is 24.2 Å². The number of benzene rings is 1. The molecule has 18 heavy (non-hydrogen) atoms. The van der Waals surface area contributed by atoms with E-state index in [0.717, 1.165) is 0 Å². The van der Waals surface area contributed by atoms with Crippen LogP contribution in [-0.4, -0.2) is 17.4 Å². The van der Waals surface area contributed by atoms with Gasteiger partial charge in [0.05, 0.1) is 4.92 Å². The van der Waals surface area contributed by atoms with Gasteiger partial charge < -0.3 is 5.73 Å². The molecule has 0 atom stereocenters. The molecule has 1 aromatic rings. The summed E-state index contributed by atoms with van der Waals surface area (Å²) in [5, 5.41) is 11.2. The van der Waals surface area contributed by atoms with Gasteiger partial charge in [-0.3, -0.25) is 10.1 Å². The van der Waals surface area contributed by atoms with Crippen molar-refractivity contribution in [2.24, 2.45) is 5.73 Å². The van der Waals surface area contributed by atoms with Gasteiger partial charge in [0.2, 0.25) is 5.92 Å². The summed E-state index contributed by atoms with van der Waals surface area (Å²) in [5.74, 6) is -2.81. The third kappa shape index (κ3) is 2.06. The molecule has 7 heteroatoms. The van der Waals surface area contributed by atoms with Crippen LogP contribution >= 0.6 is 11.6 Å². The highest BCUT2D eigenvalue weighted by molar-refractivity contribution is 6.30. The maximum absolute atomic E-state index is 13.1. The van der Waals surface area contributed by atoms with Crippen LogP contribution in [0.25, 0.3) is 0 Å². The van der Waals surface area contributed by atoms with Gasteiger partial charge in [-0.25, -0.2) is 8.78 Å². The summed E-state index contributed by atoms with van der Waals surface area (Å²) in [5.41, 5.74) is 4.49. The second-order valence-electron chi connectivity index (χ2n) is 4.61. The first-order valence-corrected chi connectivity index (χ1v) is 5.70. The lowest BCUT2D eigenvalue weighted by atomic mass is 9.61. The molecule has 0 spiro atoms. The largest absolute Gasteiger partial charge is 0.330 e. The number of rotatable bonds is 3. The molecule has 0 aliphatic heterocycles. The fourth-order valence-corrected chi connectivity index (χ4v) is 2.65. The van der Waals surface area contributed by atoms with Crippen LogP contribution in [0.2, 0.25) is 5.02 Å². The van der Waals surface area contributed by atoms with Gasteiger partial charge in [-0.15, -0.1) is 0 Å². The van der Waals surface area contributed by atoms with E-state index >= 15 is 0 Å². The minimum Gasteiger partial charge on any atom is -0.330 e. The number of nitro benzene ring substituents is 1. The summed E-state index contributed by atoms with van der Waals surface area (Å²) in [4.78, 5) is 10.3. The normalized spacial score (nSPS) is 20.2. The van der Waals surface area contributed by atoms with Crippen molar-refractivity contribution in [1.82, 2.24) is 0 Å². The Morgan fingerprint density at radius 3 is 2.50 bits per heavy atom. The van der Waals surface area contributed by atoms with Gasteiger partial charge in [0, 0.05) is 41.5 Å². The van der Waals surface area contributed by atoms with Gasteiger partial charge in [0.1, 0.15) is 0 Å². The molecule has 0 saturated heterocycles. The summed E-state index contributed by atoms with van der Waals surface area (Å²) in [6, 6.07) is 3.96. The standard InChI is InChI=1S/C11H11ClF2N2O2/c12-7-1-2-9(16(17)18)8(3-7)10(6-15)4-11(13,14)5-10/h1-3H,4-6,15H2. The van der Waals surface area contributed by atoms with Crippen LogP contribution < -0.4 is 5.73 Å². The third-order valence-electron chi connectivity index (χ3n) is 3.31. The zero-order valence-corrected chi connectivity index (χ0v) is 10.1. The first-order chi connectivity index (χ1) is 8.30. The van der Waals surface area contributed by atoms with Gasteiger partial charge in [0.15, 0.2) is 0 Å². The molecule has 1 saturated carbocycles. The maximum Gasteiger partial charge on any atom is 0.273 e. The van der Waals surface area contributed by atoms with Crippen molar-refractivity contribution in [3.05, 3.63) is 38.9 Å². The fourth-order valence-electron chi connectivity index (χ4n) is 2.48. The van der Waals surface area contributed by atoms with E-state index in [4.69, 9.17) is 17.3 Å². The molecule has 1 fully saturated rings. The molecule has 2 rings (SSSR count). The number of hydrogen-bond donors (Lipinski definition) is 1. The average Bonchev–Trinajstić information content (AvgIpc) is 2.24. The predicted octanol–water partition coefficient (Wildman–Crippen LogP) is 2.87. The van der Waals surface area contributed by atoms with Crippen molar-refractivity contribution in [2.75, 3.05) is 6.54 Å². The zero-order chi connectivity index (χ0) is 13.6. The summed E-state index contributed by atoms with van der Waals surface area (Å²) in [7, 11) is 0. The number of nitrogens with zero attached hydrogens (tertiary/aromatic N) is 1. The molecule has 98 valence electrons. The molecule has 1 aromatic carbocycles. The Morgan fingerprint density at radius 2 is 2.06 bits per heavy atom. The van der Waals surface area contributed by atoms with Gasteiger partial charge in [-0.05, 0) is 12.1 Å². The highest BCUT2D eigenvalue weighted by Crippen LogP contribution is 2.54. The van der Waals surface area contributed by atoms with E-state index in [2.05, 4.69) is 0 Å². The molecule has 0 heterocycles. The third-order valence-corrected chi connectivity index (χ3v) is 3.55. The van der Waals surface area contributed by atoms with Crippen LogP contribution in [0.4, 0.5) is 14.5 Å². The van der Waals surface area contributed by atoms with E-state index in [1.165, 1.54) is 18.2 Å². The average molecular weight is 277 g/mol. The molecule has 2 N–H and O–H groups in total. The van der Waals surface area contributed by atoms with Gasteiger partial charge in [-0.2, -0.15) is 0 Å². The van der Waals surface area contributed by atoms with Crippen molar-refractivity contribution in [1.29, 1.82) is 0 Å². The van der Waals surface area contributed by atoms with Crippen LogP contribution in [0.1, 0.15) is 18.4 Å². The topological polar surface area (TPSA) is 69.2 Å². The van der Waals surface area contributed by atoms with Crippen LogP contribution in [0.5, 0.6) is 0 Å². The Hall–Kier alpha value is -1.27. The lowest BCUT2D eigenvalue weighted by Gasteiger charge is -2.46. The SMILES string of the molecule is NCC1(c2cc(Cl)ccc2[N+](=O)[O-])CC(F)(F)C1. The Bertz CT molecular complexity index is 500. The summed E-state index contributed by atoms with van der Waals surface area (Å²) in [6.07, 6.45) is -0.949. The summed E-state index contributed by atoms with van der Waals surface area (Å²) < 4.78 is 26.2. The zero-order valence-electron chi connectivity index (χ0n) is 9.33. The van der Waals surface area contributed by atoms with Crippen molar-refractivity contribution in [3.8, 4) is 0 Å². The van der Waals surface area contributed by atoms with E-state index in [1.54, 1.807) is 0 Å². The Labute approximate surface area is 107 Å². The molecule has 1 aliphatic rings. The van der Waals surface area contributed by atoms with Crippen LogP contribution in [0.15, 0.2) is 18.2 Å². The second-order valence-corrected chi connectivity index (χ2v) is 5.05. The Kier molecular flexibility index (Phi) is 3.03. The molecule has 0 radical (unpaired) electrons. The minimum absolute atomic E-state index is 0.0657. The Balaban J connectivity index is 2.49. The van der Waals surface area contributed by atoms with E-state index < -0.39 is 29.1 Å². The van der Waals surface area contributed by atoms with Gasteiger partial charge in [-0.1, -0.05) is 11.6 Å². The van der Waals surface area contributed by atoms with Gasteiger partial charge in [0.25, 0.3) is 5.69 Å². The smallest absolute Gasteiger partial charge is 0.273 e. The van der Waals surface area contributed by atoms with Crippen molar-refractivity contribution in [3.63, 3.8) is 0 Å².